The lowest BCUT2D eigenvalue weighted by atomic mass is 10.1. The number of nitrogens with zero attached hydrogens (tertiary/aromatic N) is 9. The second kappa shape index (κ2) is 7.88. The van der Waals surface area contributed by atoms with Crippen molar-refractivity contribution < 1.29 is 4.79 Å². The maximum Gasteiger partial charge on any atom is 0.330 e. The molecule has 1 fully saturated rings. The van der Waals surface area contributed by atoms with Crippen molar-refractivity contribution in [3.63, 3.8) is 0 Å². The van der Waals surface area contributed by atoms with Crippen LogP contribution < -0.4 is 5.69 Å². The zero-order valence-corrected chi connectivity index (χ0v) is 17.8. The summed E-state index contributed by atoms with van der Waals surface area (Å²) < 4.78 is 4.76. The number of hydrogen-bond donors (Lipinski definition) is 0. The number of fused-ring (bicyclic) bond motifs is 2. The molecule has 1 saturated heterocycles. The van der Waals surface area contributed by atoms with Gasteiger partial charge in [-0.3, -0.25) is 13.9 Å². The number of amides is 1. The molecule has 0 saturated carbocycles. The van der Waals surface area contributed by atoms with Gasteiger partial charge in [0.15, 0.2) is 11.5 Å². The van der Waals surface area contributed by atoms with Crippen molar-refractivity contribution in [1.82, 2.24) is 33.6 Å². The Hall–Kier alpha value is -4.51. The molecule has 0 radical (unpaired) electrons. The zero-order valence-electron chi connectivity index (χ0n) is 17.8. The first-order chi connectivity index (χ1) is 16.0. The fraction of sp³-hybridized carbons (Fsp3) is 0.318. The number of pyridine rings is 1. The van der Waals surface area contributed by atoms with Gasteiger partial charge >= 0.3 is 5.69 Å². The van der Waals surface area contributed by atoms with E-state index in [0.29, 0.717) is 46.7 Å². The van der Waals surface area contributed by atoms with Gasteiger partial charge in [-0.2, -0.15) is 15.6 Å². The molecule has 11 heteroatoms. The Balaban J connectivity index is 1.62. The zero-order chi connectivity index (χ0) is 23.1. The van der Waals surface area contributed by atoms with Gasteiger partial charge in [-0.05, 0) is 25.0 Å². The molecular formula is C22H19N9O2. The van der Waals surface area contributed by atoms with Crippen LogP contribution in [0.25, 0.3) is 28.1 Å². The molecule has 33 heavy (non-hydrogen) atoms. The van der Waals surface area contributed by atoms with Gasteiger partial charge in [-0.1, -0.05) is 0 Å². The van der Waals surface area contributed by atoms with Crippen molar-refractivity contribution in [2.24, 2.45) is 7.05 Å². The summed E-state index contributed by atoms with van der Waals surface area (Å²) in [7, 11) is 1.67. The van der Waals surface area contributed by atoms with Crippen molar-refractivity contribution in [2.75, 3.05) is 13.1 Å². The summed E-state index contributed by atoms with van der Waals surface area (Å²) in [4.78, 5) is 36.2. The largest absolute Gasteiger partial charge is 0.340 e. The number of carbonyl (C=O) groups excluding carboxylic acids is 1. The van der Waals surface area contributed by atoms with Crippen LogP contribution in [0.2, 0.25) is 0 Å². The number of aromatic nitrogens is 6. The number of nitriles is 2. The third-order valence-corrected chi connectivity index (χ3v) is 6.07. The van der Waals surface area contributed by atoms with Crippen LogP contribution in [0.1, 0.15) is 30.9 Å². The summed E-state index contributed by atoms with van der Waals surface area (Å²) in [5, 5.41) is 22.4. The Kier molecular flexibility index (Phi) is 4.87. The smallest absolute Gasteiger partial charge is 0.330 e. The first-order valence-electron chi connectivity index (χ1n) is 10.5. The number of aryl methyl sites for hydroxylation is 1. The van der Waals surface area contributed by atoms with Gasteiger partial charge in [-0.15, -0.1) is 0 Å². The van der Waals surface area contributed by atoms with E-state index in [1.54, 1.807) is 51.8 Å². The molecule has 1 aliphatic rings. The highest BCUT2D eigenvalue weighted by atomic mass is 16.2. The van der Waals surface area contributed by atoms with E-state index in [1.165, 1.54) is 4.57 Å². The van der Waals surface area contributed by atoms with Crippen molar-refractivity contribution in [3.05, 3.63) is 46.8 Å². The number of rotatable bonds is 3. The van der Waals surface area contributed by atoms with E-state index >= 15 is 0 Å². The second-order valence-electron chi connectivity index (χ2n) is 8.00. The molecule has 0 N–H and O–H groups in total. The van der Waals surface area contributed by atoms with Crippen molar-refractivity contribution in [2.45, 2.75) is 25.3 Å². The summed E-state index contributed by atoms with van der Waals surface area (Å²) >= 11 is 0. The Bertz CT molecular complexity index is 1550. The quantitative estimate of drug-likeness (QED) is 0.468. The molecule has 0 aliphatic carbocycles. The van der Waals surface area contributed by atoms with Crippen LogP contribution in [0.3, 0.4) is 0 Å². The Morgan fingerprint density at radius 2 is 2.12 bits per heavy atom. The van der Waals surface area contributed by atoms with Crippen LogP contribution in [0, 0.1) is 22.7 Å². The Morgan fingerprint density at radius 3 is 2.91 bits per heavy atom. The lowest BCUT2D eigenvalue weighted by molar-refractivity contribution is -0.131. The minimum Gasteiger partial charge on any atom is -0.340 e. The number of hydrogen-bond acceptors (Lipinski definition) is 7. The van der Waals surface area contributed by atoms with Crippen molar-refractivity contribution in [3.8, 4) is 23.5 Å². The monoisotopic (exact) mass is 441 g/mol. The molecule has 4 aromatic heterocycles. The molecule has 164 valence electrons. The second-order valence-corrected chi connectivity index (χ2v) is 8.00. The first kappa shape index (κ1) is 20.4. The molecule has 0 aromatic carbocycles. The van der Waals surface area contributed by atoms with Gasteiger partial charge in [0.05, 0.1) is 47.2 Å². The highest BCUT2D eigenvalue weighted by molar-refractivity contribution is 5.80. The molecule has 1 aliphatic heterocycles. The molecule has 11 nitrogen and oxygen atoms in total. The summed E-state index contributed by atoms with van der Waals surface area (Å²) in [5.74, 6) is 0.158. The number of imidazole rings is 1. The Labute approximate surface area is 187 Å². The molecule has 0 unspecified atom stereocenters. The number of piperidine rings is 1. The van der Waals surface area contributed by atoms with E-state index in [2.05, 4.69) is 16.2 Å². The topological polar surface area (TPSA) is 138 Å². The SMILES string of the molecule is Cn1c(=O)n([C@H]2CCCN(C(=O)CC#N)C2)c2nc(-c3cnn4ccc(C#N)cc34)ncc21. The first-order valence-corrected chi connectivity index (χ1v) is 10.5. The van der Waals surface area contributed by atoms with E-state index in [-0.39, 0.29) is 24.1 Å². The van der Waals surface area contributed by atoms with Crippen LogP contribution in [0.4, 0.5) is 0 Å². The number of likely N-dealkylation sites (tertiary alicyclic amines) is 1. The lowest BCUT2D eigenvalue weighted by Crippen LogP contribution is -2.42. The van der Waals surface area contributed by atoms with Gasteiger partial charge in [-0.25, -0.2) is 19.3 Å². The van der Waals surface area contributed by atoms with Crippen LogP contribution in [-0.2, 0) is 11.8 Å². The molecule has 0 bridgehead atoms. The van der Waals surface area contributed by atoms with E-state index in [4.69, 9.17) is 10.2 Å². The molecule has 5 rings (SSSR count). The average molecular weight is 441 g/mol. The van der Waals surface area contributed by atoms with Gasteiger partial charge in [0.2, 0.25) is 5.91 Å². The summed E-state index contributed by atoms with van der Waals surface area (Å²) in [6.07, 6.45) is 6.21. The average Bonchev–Trinajstić information content (AvgIpc) is 3.37. The molecule has 1 atom stereocenters. The van der Waals surface area contributed by atoms with E-state index < -0.39 is 0 Å². The van der Waals surface area contributed by atoms with E-state index in [9.17, 15) is 14.9 Å². The highest BCUT2D eigenvalue weighted by Crippen LogP contribution is 2.27. The van der Waals surface area contributed by atoms with E-state index in [1.807, 2.05) is 6.07 Å². The van der Waals surface area contributed by atoms with Gasteiger partial charge in [0.25, 0.3) is 0 Å². The van der Waals surface area contributed by atoms with Crippen LogP contribution in [0.15, 0.2) is 35.5 Å². The van der Waals surface area contributed by atoms with Crippen LogP contribution >= 0.6 is 0 Å². The molecular weight excluding hydrogens is 422 g/mol. The summed E-state index contributed by atoms with van der Waals surface area (Å²) in [6.45, 7) is 0.918. The maximum atomic E-state index is 13.1. The predicted octanol–water partition coefficient (Wildman–Crippen LogP) is 1.39. The summed E-state index contributed by atoms with van der Waals surface area (Å²) in [5.41, 5.74) is 2.64. The normalized spacial score (nSPS) is 16.1. The minimum atomic E-state index is -0.255. The van der Waals surface area contributed by atoms with Crippen LogP contribution in [0.5, 0.6) is 0 Å². The van der Waals surface area contributed by atoms with Gasteiger partial charge < -0.3 is 4.90 Å². The van der Waals surface area contributed by atoms with Crippen molar-refractivity contribution in [1.29, 1.82) is 10.5 Å². The molecule has 4 aromatic rings. The maximum absolute atomic E-state index is 13.1. The third kappa shape index (κ3) is 3.31. The number of carbonyl (C=O) groups is 1. The Morgan fingerprint density at radius 1 is 1.27 bits per heavy atom. The van der Waals surface area contributed by atoms with Gasteiger partial charge in [0.1, 0.15) is 11.9 Å². The standard InChI is InChI=1S/C22H19N9O2/c1-28-18-12-25-20(16-11-26-30-8-5-14(10-24)9-17(16)30)27-21(18)31(22(28)33)15-3-2-7-29(13-15)19(32)4-6-23/h5,8-9,11-12,15H,2-4,7,13H2,1H3/t15-/m0/s1. The lowest BCUT2D eigenvalue weighted by Gasteiger charge is -2.32. The molecule has 5 heterocycles. The minimum absolute atomic E-state index is 0.178. The fourth-order valence-corrected chi connectivity index (χ4v) is 4.39. The third-order valence-electron chi connectivity index (χ3n) is 6.07. The van der Waals surface area contributed by atoms with Crippen molar-refractivity contribution >= 4 is 22.6 Å². The predicted molar refractivity (Wildman–Crippen MR) is 117 cm³/mol. The summed E-state index contributed by atoms with van der Waals surface area (Å²) in [6, 6.07) is 7.15. The highest BCUT2D eigenvalue weighted by Gasteiger charge is 2.28. The van der Waals surface area contributed by atoms with Crippen LogP contribution in [-0.4, -0.2) is 52.6 Å². The van der Waals surface area contributed by atoms with E-state index in [0.717, 1.165) is 12.8 Å². The van der Waals surface area contributed by atoms with Gasteiger partial charge in [0, 0.05) is 26.3 Å². The molecule has 1 amide bonds. The fourth-order valence-electron chi connectivity index (χ4n) is 4.39. The molecule has 0 spiro atoms.